The number of amides is 1. The molecular weight excluding hydrogens is 226 g/mol. The summed E-state index contributed by atoms with van der Waals surface area (Å²) in [4.78, 5) is 22.7. The van der Waals surface area contributed by atoms with E-state index in [4.69, 9.17) is 8.83 Å². The van der Waals surface area contributed by atoms with Crippen LogP contribution in [0.25, 0.3) is 11.7 Å². The Morgan fingerprint density at radius 2 is 2.41 bits per heavy atom. The molecular formula is C10H11N3O4. The highest BCUT2D eigenvalue weighted by Crippen LogP contribution is 2.14. The molecule has 0 aliphatic heterocycles. The van der Waals surface area contributed by atoms with Crippen LogP contribution in [-0.4, -0.2) is 22.2 Å². The second kappa shape index (κ2) is 4.69. The van der Waals surface area contributed by atoms with Crippen molar-refractivity contribution in [2.45, 2.75) is 13.5 Å². The lowest BCUT2D eigenvalue weighted by molar-refractivity contribution is -0.121. The maximum absolute atomic E-state index is 11.4. The van der Waals surface area contributed by atoms with Crippen molar-refractivity contribution in [3.8, 4) is 11.7 Å². The van der Waals surface area contributed by atoms with Crippen LogP contribution in [0, 0.1) is 0 Å². The van der Waals surface area contributed by atoms with Gasteiger partial charge in [-0.2, -0.15) is 4.68 Å². The van der Waals surface area contributed by atoms with E-state index in [2.05, 4.69) is 10.4 Å². The third kappa shape index (κ3) is 2.44. The third-order valence-electron chi connectivity index (χ3n) is 2.01. The normalized spacial score (nSPS) is 10.4. The number of furan rings is 1. The van der Waals surface area contributed by atoms with Crippen molar-refractivity contribution in [1.82, 2.24) is 15.1 Å². The second-order valence-electron chi connectivity index (χ2n) is 3.26. The Balaban J connectivity index is 2.20. The lowest BCUT2D eigenvalue weighted by Crippen LogP contribution is -2.31. The highest BCUT2D eigenvalue weighted by Gasteiger charge is 2.14. The maximum atomic E-state index is 11.4. The molecule has 0 saturated heterocycles. The van der Waals surface area contributed by atoms with Gasteiger partial charge < -0.3 is 14.2 Å². The fraction of sp³-hybridized carbons (Fsp3) is 0.300. The van der Waals surface area contributed by atoms with Crippen molar-refractivity contribution >= 4 is 5.91 Å². The zero-order chi connectivity index (χ0) is 12.3. The number of likely N-dealkylation sites (N-methyl/N-ethyl adjacent to an activating group) is 1. The first kappa shape index (κ1) is 11.2. The van der Waals surface area contributed by atoms with E-state index in [1.807, 2.05) is 0 Å². The van der Waals surface area contributed by atoms with E-state index in [-0.39, 0.29) is 18.3 Å². The number of hydrogen-bond donors (Lipinski definition) is 1. The summed E-state index contributed by atoms with van der Waals surface area (Å²) in [6.07, 6.45) is 1.44. The monoisotopic (exact) mass is 237 g/mol. The number of nitrogens with one attached hydrogen (secondary N) is 1. The van der Waals surface area contributed by atoms with Crippen LogP contribution >= 0.6 is 0 Å². The van der Waals surface area contributed by atoms with Crippen molar-refractivity contribution in [2.75, 3.05) is 6.54 Å². The summed E-state index contributed by atoms with van der Waals surface area (Å²) in [5.41, 5.74) is 0. The van der Waals surface area contributed by atoms with Crippen LogP contribution in [-0.2, 0) is 11.3 Å². The van der Waals surface area contributed by atoms with Crippen LogP contribution in [0.2, 0.25) is 0 Å². The molecule has 0 bridgehead atoms. The predicted molar refractivity (Wildman–Crippen MR) is 57.1 cm³/mol. The first-order chi connectivity index (χ1) is 8.20. The fourth-order valence-electron chi connectivity index (χ4n) is 1.30. The summed E-state index contributed by atoms with van der Waals surface area (Å²) in [7, 11) is 0. The van der Waals surface area contributed by atoms with Gasteiger partial charge >= 0.3 is 5.76 Å². The number of carbonyl (C=O) groups excluding carboxylic acids is 1. The SMILES string of the molecule is CCNC(=O)Cn1nc(-c2ccco2)oc1=O. The summed E-state index contributed by atoms with van der Waals surface area (Å²) >= 11 is 0. The zero-order valence-electron chi connectivity index (χ0n) is 9.17. The van der Waals surface area contributed by atoms with Crippen LogP contribution in [0.5, 0.6) is 0 Å². The van der Waals surface area contributed by atoms with E-state index in [0.717, 1.165) is 4.68 Å². The molecule has 1 amide bonds. The topological polar surface area (TPSA) is 90.3 Å². The Bertz CT molecular complexity index is 552. The van der Waals surface area contributed by atoms with Crippen LogP contribution < -0.4 is 11.1 Å². The summed E-state index contributed by atoms with van der Waals surface area (Å²) in [6.45, 7) is 2.12. The quantitative estimate of drug-likeness (QED) is 0.822. The molecule has 0 aromatic carbocycles. The third-order valence-corrected chi connectivity index (χ3v) is 2.01. The minimum Gasteiger partial charge on any atom is -0.459 e. The van der Waals surface area contributed by atoms with Gasteiger partial charge in [-0.25, -0.2) is 4.79 Å². The minimum absolute atomic E-state index is 0.0595. The van der Waals surface area contributed by atoms with Crippen molar-refractivity contribution in [2.24, 2.45) is 0 Å². The van der Waals surface area contributed by atoms with E-state index in [9.17, 15) is 9.59 Å². The molecule has 90 valence electrons. The van der Waals surface area contributed by atoms with E-state index in [1.54, 1.807) is 19.1 Å². The van der Waals surface area contributed by atoms with Crippen molar-refractivity contribution in [3.05, 3.63) is 28.9 Å². The molecule has 0 atom stereocenters. The maximum Gasteiger partial charge on any atom is 0.437 e. The average Bonchev–Trinajstić information content (AvgIpc) is 2.89. The zero-order valence-corrected chi connectivity index (χ0v) is 9.17. The summed E-state index contributed by atoms with van der Waals surface area (Å²) in [6, 6.07) is 3.26. The van der Waals surface area contributed by atoms with Crippen LogP contribution in [0.1, 0.15) is 6.92 Å². The second-order valence-corrected chi connectivity index (χ2v) is 3.26. The van der Waals surface area contributed by atoms with Gasteiger partial charge in [0.15, 0.2) is 5.76 Å². The molecule has 1 N–H and O–H groups in total. The molecule has 0 spiro atoms. The van der Waals surface area contributed by atoms with Gasteiger partial charge in [0, 0.05) is 6.54 Å². The predicted octanol–water partition coefficient (Wildman–Crippen LogP) is 0.232. The lowest BCUT2D eigenvalue weighted by Gasteiger charge is -1.98. The molecule has 0 saturated carbocycles. The Kier molecular flexibility index (Phi) is 3.08. The molecule has 2 heterocycles. The van der Waals surface area contributed by atoms with Gasteiger partial charge in [-0.3, -0.25) is 4.79 Å². The standard InChI is InChI=1S/C10H11N3O4/c1-2-11-8(14)6-13-10(15)17-9(12-13)7-4-3-5-16-7/h3-5H,2,6H2,1H3,(H,11,14). The molecule has 7 nitrogen and oxygen atoms in total. The Morgan fingerprint density at radius 3 is 3.06 bits per heavy atom. The molecule has 2 aromatic heterocycles. The smallest absolute Gasteiger partial charge is 0.437 e. The number of carbonyl (C=O) groups is 1. The average molecular weight is 237 g/mol. The van der Waals surface area contributed by atoms with E-state index in [0.29, 0.717) is 12.3 Å². The fourth-order valence-corrected chi connectivity index (χ4v) is 1.30. The minimum atomic E-state index is -0.692. The van der Waals surface area contributed by atoms with E-state index in [1.165, 1.54) is 6.26 Å². The number of hydrogen-bond acceptors (Lipinski definition) is 5. The van der Waals surface area contributed by atoms with Crippen molar-refractivity contribution in [1.29, 1.82) is 0 Å². The van der Waals surface area contributed by atoms with Gasteiger partial charge in [-0.15, -0.1) is 5.10 Å². The van der Waals surface area contributed by atoms with Gasteiger partial charge in [0.05, 0.1) is 6.26 Å². The molecule has 0 fully saturated rings. The van der Waals surface area contributed by atoms with Gasteiger partial charge in [-0.1, -0.05) is 0 Å². The highest BCUT2D eigenvalue weighted by molar-refractivity contribution is 5.75. The van der Waals surface area contributed by atoms with Crippen molar-refractivity contribution in [3.63, 3.8) is 0 Å². The molecule has 0 radical (unpaired) electrons. The first-order valence-electron chi connectivity index (χ1n) is 5.09. The summed E-state index contributed by atoms with van der Waals surface area (Å²) in [5, 5.41) is 6.42. The molecule has 2 aromatic rings. The van der Waals surface area contributed by atoms with Crippen molar-refractivity contribution < 1.29 is 13.6 Å². The summed E-state index contributed by atoms with van der Waals surface area (Å²) < 4.78 is 10.8. The number of nitrogens with zero attached hydrogens (tertiary/aromatic N) is 2. The van der Waals surface area contributed by atoms with Crippen LogP contribution in [0.15, 0.2) is 32.0 Å². The molecule has 0 aliphatic carbocycles. The largest absolute Gasteiger partial charge is 0.459 e. The van der Waals surface area contributed by atoms with Gasteiger partial charge in [-0.05, 0) is 19.1 Å². The highest BCUT2D eigenvalue weighted by atomic mass is 16.4. The van der Waals surface area contributed by atoms with Gasteiger partial charge in [0.1, 0.15) is 6.54 Å². The lowest BCUT2D eigenvalue weighted by atomic mass is 10.5. The number of rotatable bonds is 4. The number of aromatic nitrogens is 2. The van der Waals surface area contributed by atoms with E-state index < -0.39 is 5.76 Å². The van der Waals surface area contributed by atoms with Gasteiger partial charge in [0.25, 0.3) is 5.89 Å². The molecule has 2 rings (SSSR count). The molecule has 7 heteroatoms. The van der Waals surface area contributed by atoms with Crippen LogP contribution in [0.4, 0.5) is 0 Å². The Labute approximate surface area is 96.0 Å². The molecule has 17 heavy (non-hydrogen) atoms. The summed E-state index contributed by atoms with van der Waals surface area (Å²) in [5.74, 6) is -0.586. The Morgan fingerprint density at radius 1 is 1.59 bits per heavy atom. The van der Waals surface area contributed by atoms with Crippen LogP contribution in [0.3, 0.4) is 0 Å². The van der Waals surface area contributed by atoms with E-state index >= 15 is 0 Å². The molecule has 0 aliphatic rings. The molecule has 0 unspecified atom stereocenters. The first-order valence-corrected chi connectivity index (χ1v) is 5.09. The van der Waals surface area contributed by atoms with Gasteiger partial charge in [0.2, 0.25) is 5.91 Å². The Hall–Kier alpha value is -2.31.